The molecule has 0 aliphatic carbocycles. The number of aromatic nitrogens is 3. The molecule has 0 saturated heterocycles. The Labute approximate surface area is 117 Å². The molecule has 0 spiro atoms. The Morgan fingerprint density at radius 2 is 2.28 bits per heavy atom. The zero-order valence-corrected chi connectivity index (χ0v) is 12.0. The monoisotopic (exact) mass is 326 g/mol. The Bertz CT molecular complexity index is 634. The molecular formula is C11H11BrN4OS. The number of hydrogen-bond acceptors (Lipinski definition) is 3. The fraction of sp³-hybridized carbons (Fsp3) is 0.182. The topological polar surface area (TPSA) is 62.7 Å². The van der Waals surface area contributed by atoms with E-state index in [4.69, 9.17) is 12.2 Å². The van der Waals surface area contributed by atoms with Gasteiger partial charge in [0, 0.05) is 11.5 Å². The second-order valence-corrected chi connectivity index (χ2v) is 4.91. The van der Waals surface area contributed by atoms with E-state index in [9.17, 15) is 4.79 Å². The summed E-state index contributed by atoms with van der Waals surface area (Å²) in [4.78, 5) is 11.9. The van der Waals surface area contributed by atoms with Gasteiger partial charge in [-0.3, -0.25) is 9.89 Å². The quantitative estimate of drug-likeness (QED) is 0.850. The predicted octanol–water partition coefficient (Wildman–Crippen LogP) is 2.17. The summed E-state index contributed by atoms with van der Waals surface area (Å²) in [6.07, 6.45) is 0. The molecule has 7 heteroatoms. The fourth-order valence-electron chi connectivity index (χ4n) is 1.44. The molecule has 1 aromatic carbocycles. The van der Waals surface area contributed by atoms with Crippen molar-refractivity contribution < 1.29 is 4.79 Å². The second-order valence-electron chi connectivity index (χ2n) is 3.67. The van der Waals surface area contributed by atoms with Crippen LogP contribution in [0.5, 0.6) is 0 Å². The number of nitrogens with one attached hydrogen (secondary N) is 2. The van der Waals surface area contributed by atoms with Gasteiger partial charge in [-0.25, -0.2) is 0 Å². The summed E-state index contributed by atoms with van der Waals surface area (Å²) in [5.74, 6) is 0.525. The molecule has 0 aliphatic heterocycles. The van der Waals surface area contributed by atoms with Crippen molar-refractivity contribution in [3.63, 3.8) is 0 Å². The van der Waals surface area contributed by atoms with E-state index in [1.54, 1.807) is 17.7 Å². The molecule has 0 radical (unpaired) electrons. The lowest BCUT2D eigenvalue weighted by Gasteiger charge is -2.06. The molecule has 5 nitrogen and oxygen atoms in total. The molecule has 94 valence electrons. The molecule has 0 fully saturated rings. The third kappa shape index (κ3) is 2.68. The maximum absolute atomic E-state index is 11.9. The lowest BCUT2D eigenvalue weighted by Crippen LogP contribution is -2.24. The number of rotatable bonds is 3. The van der Waals surface area contributed by atoms with E-state index in [2.05, 4.69) is 31.4 Å². The molecule has 0 atom stereocenters. The van der Waals surface area contributed by atoms with Crippen molar-refractivity contribution in [1.29, 1.82) is 0 Å². The van der Waals surface area contributed by atoms with Gasteiger partial charge in [0.1, 0.15) is 0 Å². The predicted molar refractivity (Wildman–Crippen MR) is 73.7 cm³/mol. The first kappa shape index (κ1) is 13.0. The largest absolute Gasteiger partial charge is 0.345 e. The van der Waals surface area contributed by atoms with Crippen LogP contribution in [0.4, 0.5) is 0 Å². The number of benzene rings is 1. The van der Waals surface area contributed by atoms with Crippen LogP contribution < -0.4 is 5.32 Å². The third-order valence-electron chi connectivity index (χ3n) is 2.50. The maximum Gasteiger partial charge on any atom is 0.252 e. The summed E-state index contributed by atoms with van der Waals surface area (Å²) < 4.78 is 3.01. The van der Waals surface area contributed by atoms with Crippen LogP contribution in [0.3, 0.4) is 0 Å². The third-order valence-corrected chi connectivity index (χ3v) is 3.55. The highest BCUT2D eigenvalue weighted by Crippen LogP contribution is 2.15. The summed E-state index contributed by atoms with van der Waals surface area (Å²) in [5, 5.41) is 9.48. The van der Waals surface area contributed by atoms with Crippen LogP contribution in [-0.4, -0.2) is 20.7 Å². The molecule has 18 heavy (non-hydrogen) atoms. The van der Waals surface area contributed by atoms with E-state index in [1.165, 1.54) is 0 Å². The number of nitrogens with zero attached hydrogens (tertiary/aromatic N) is 2. The van der Waals surface area contributed by atoms with Crippen LogP contribution in [0, 0.1) is 4.77 Å². The van der Waals surface area contributed by atoms with Gasteiger partial charge in [0.25, 0.3) is 5.91 Å². The van der Waals surface area contributed by atoms with Gasteiger partial charge in [-0.05, 0) is 40.3 Å². The van der Waals surface area contributed by atoms with Gasteiger partial charge in [0.2, 0.25) is 0 Å². The molecule has 0 bridgehead atoms. The van der Waals surface area contributed by atoms with E-state index < -0.39 is 0 Å². The number of halogens is 1. The van der Waals surface area contributed by atoms with E-state index in [-0.39, 0.29) is 5.91 Å². The average molecular weight is 327 g/mol. The van der Waals surface area contributed by atoms with Crippen molar-refractivity contribution in [2.24, 2.45) is 7.05 Å². The van der Waals surface area contributed by atoms with Crippen molar-refractivity contribution in [2.75, 3.05) is 0 Å². The molecule has 2 rings (SSSR count). The highest BCUT2D eigenvalue weighted by molar-refractivity contribution is 9.10. The first-order valence-corrected chi connectivity index (χ1v) is 6.42. The summed E-state index contributed by atoms with van der Waals surface area (Å²) in [5.41, 5.74) is 0.592. The summed E-state index contributed by atoms with van der Waals surface area (Å²) in [6.45, 7) is 0.323. The number of aromatic amines is 1. The Morgan fingerprint density at radius 3 is 2.89 bits per heavy atom. The van der Waals surface area contributed by atoms with Gasteiger partial charge in [-0.15, -0.1) is 0 Å². The zero-order valence-electron chi connectivity index (χ0n) is 9.61. The minimum Gasteiger partial charge on any atom is -0.345 e. The minimum atomic E-state index is -0.156. The molecule has 2 N–H and O–H groups in total. The lowest BCUT2D eigenvalue weighted by atomic mass is 10.2. The number of carbonyl (C=O) groups is 1. The lowest BCUT2D eigenvalue weighted by molar-refractivity contribution is 0.0949. The molecular weight excluding hydrogens is 316 g/mol. The first-order chi connectivity index (χ1) is 8.59. The minimum absolute atomic E-state index is 0.156. The van der Waals surface area contributed by atoms with Gasteiger partial charge >= 0.3 is 0 Å². The summed E-state index contributed by atoms with van der Waals surface area (Å²) >= 11 is 8.33. The number of amides is 1. The summed E-state index contributed by atoms with van der Waals surface area (Å²) in [7, 11) is 1.80. The zero-order chi connectivity index (χ0) is 13.1. The van der Waals surface area contributed by atoms with E-state index in [0.717, 1.165) is 4.47 Å². The van der Waals surface area contributed by atoms with Crippen LogP contribution in [-0.2, 0) is 13.6 Å². The number of H-pyrrole nitrogens is 1. The fourth-order valence-corrected chi connectivity index (χ4v) is 2.05. The van der Waals surface area contributed by atoms with Crippen molar-refractivity contribution in [2.45, 2.75) is 6.54 Å². The molecule has 0 unspecified atom stereocenters. The second kappa shape index (κ2) is 5.45. The standard InChI is InChI=1S/C11H11BrN4OS/c1-16-9(14-15-11(16)18)6-13-10(17)7-4-2-3-5-8(7)12/h2-5H,6H2,1H3,(H,13,17)(H,15,18). The van der Waals surface area contributed by atoms with Gasteiger partial charge in [0.05, 0.1) is 12.1 Å². The first-order valence-electron chi connectivity index (χ1n) is 5.22. The average Bonchev–Trinajstić information content (AvgIpc) is 2.68. The van der Waals surface area contributed by atoms with Gasteiger partial charge < -0.3 is 9.88 Å². The Morgan fingerprint density at radius 1 is 1.56 bits per heavy atom. The summed E-state index contributed by atoms with van der Waals surface area (Å²) in [6, 6.07) is 7.25. The highest BCUT2D eigenvalue weighted by atomic mass is 79.9. The van der Waals surface area contributed by atoms with Crippen LogP contribution in [0.25, 0.3) is 0 Å². The molecule has 1 amide bonds. The molecule has 0 saturated carbocycles. The maximum atomic E-state index is 11.9. The van der Waals surface area contributed by atoms with Crippen LogP contribution in [0.2, 0.25) is 0 Å². The van der Waals surface area contributed by atoms with E-state index in [0.29, 0.717) is 22.7 Å². The van der Waals surface area contributed by atoms with Crippen molar-refractivity contribution in [1.82, 2.24) is 20.1 Å². The Balaban J connectivity index is 2.08. The van der Waals surface area contributed by atoms with E-state index >= 15 is 0 Å². The van der Waals surface area contributed by atoms with Gasteiger partial charge in [0.15, 0.2) is 10.6 Å². The number of carbonyl (C=O) groups excluding carboxylic acids is 1. The SMILES string of the molecule is Cn1c(CNC(=O)c2ccccc2Br)n[nH]c1=S. The van der Waals surface area contributed by atoms with Crippen molar-refractivity contribution >= 4 is 34.1 Å². The van der Waals surface area contributed by atoms with Crippen LogP contribution in [0.1, 0.15) is 16.2 Å². The van der Waals surface area contributed by atoms with Gasteiger partial charge in [-0.1, -0.05) is 12.1 Å². The van der Waals surface area contributed by atoms with Crippen molar-refractivity contribution in [3.05, 3.63) is 44.9 Å². The Kier molecular flexibility index (Phi) is 3.93. The normalized spacial score (nSPS) is 10.3. The molecule has 2 aromatic rings. The van der Waals surface area contributed by atoms with Gasteiger partial charge in [-0.2, -0.15) is 5.10 Å². The molecule has 0 aliphatic rings. The molecule has 1 heterocycles. The molecule has 1 aromatic heterocycles. The smallest absolute Gasteiger partial charge is 0.252 e. The van der Waals surface area contributed by atoms with Crippen LogP contribution in [0.15, 0.2) is 28.7 Å². The highest BCUT2D eigenvalue weighted by Gasteiger charge is 2.10. The Hall–Kier alpha value is -1.47. The van der Waals surface area contributed by atoms with E-state index in [1.807, 2.05) is 18.2 Å². The van der Waals surface area contributed by atoms with Crippen LogP contribution >= 0.6 is 28.1 Å². The van der Waals surface area contributed by atoms with Crippen molar-refractivity contribution in [3.8, 4) is 0 Å². The number of hydrogen-bond donors (Lipinski definition) is 2.